The zero-order chi connectivity index (χ0) is 10.9. The molecular weight excluding hydrogens is 212 g/mol. The Morgan fingerprint density at radius 3 is 2.27 bits per heavy atom. The van der Waals surface area contributed by atoms with Crippen LogP contribution in [0.4, 0.5) is 0 Å². The van der Waals surface area contributed by atoms with Gasteiger partial charge in [0.1, 0.15) is 0 Å². The third-order valence-electron chi connectivity index (χ3n) is 3.59. The van der Waals surface area contributed by atoms with Crippen LogP contribution >= 0.6 is 0 Å². The van der Waals surface area contributed by atoms with Crippen LogP contribution in [0.2, 0.25) is 0 Å². The number of hydrogen-bond donors (Lipinski definition) is 1. The summed E-state index contributed by atoms with van der Waals surface area (Å²) in [5, 5.41) is -0.107. The Balaban J connectivity index is 1.95. The fourth-order valence-corrected chi connectivity index (χ4v) is 4.64. The molecule has 0 amide bonds. The van der Waals surface area contributed by atoms with Crippen LogP contribution in [-0.4, -0.2) is 37.6 Å². The summed E-state index contributed by atoms with van der Waals surface area (Å²) in [5.74, 6) is 0.392. The number of sulfonamides is 1. The van der Waals surface area contributed by atoms with Crippen molar-refractivity contribution in [3.63, 3.8) is 0 Å². The fourth-order valence-electron chi connectivity index (χ4n) is 2.45. The molecule has 1 saturated heterocycles. The van der Waals surface area contributed by atoms with E-state index in [0.29, 0.717) is 25.6 Å². The highest BCUT2D eigenvalue weighted by molar-refractivity contribution is 7.89. The Kier molecular flexibility index (Phi) is 3.33. The fraction of sp³-hybridized carbons (Fsp3) is 1.00. The topological polar surface area (TPSA) is 63.4 Å². The van der Waals surface area contributed by atoms with Crippen molar-refractivity contribution in [2.24, 2.45) is 11.7 Å². The first-order valence-corrected chi connectivity index (χ1v) is 7.34. The molecule has 1 heterocycles. The van der Waals surface area contributed by atoms with Gasteiger partial charge in [0.25, 0.3) is 0 Å². The minimum atomic E-state index is -2.99. The zero-order valence-corrected chi connectivity index (χ0v) is 9.88. The van der Waals surface area contributed by atoms with Crippen molar-refractivity contribution in [1.29, 1.82) is 0 Å². The van der Waals surface area contributed by atoms with Gasteiger partial charge in [0.05, 0.1) is 5.25 Å². The molecule has 0 atom stereocenters. The maximum absolute atomic E-state index is 12.1. The van der Waals surface area contributed by atoms with Gasteiger partial charge in [-0.2, -0.15) is 0 Å². The lowest BCUT2D eigenvalue weighted by atomic mass is 10.0. The Morgan fingerprint density at radius 1 is 1.13 bits per heavy atom. The zero-order valence-electron chi connectivity index (χ0n) is 9.06. The van der Waals surface area contributed by atoms with Crippen molar-refractivity contribution in [1.82, 2.24) is 4.31 Å². The molecule has 0 aromatic heterocycles. The van der Waals surface area contributed by atoms with Crippen LogP contribution in [-0.2, 0) is 10.0 Å². The maximum Gasteiger partial charge on any atom is 0.217 e. The van der Waals surface area contributed by atoms with Gasteiger partial charge in [0.2, 0.25) is 10.0 Å². The molecule has 0 aromatic carbocycles. The largest absolute Gasteiger partial charge is 0.330 e. The van der Waals surface area contributed by atoms with Gasteiger partial charge in [0.15, 0.2) is 0 Å². The molecule has 88 valence electrons. The summed E-state index contributed by atoms with van der Waals surface area (Å²) in [6.07, 6.45) is 5.03. The molecule has 1 aliphatic carbocycles. The van der Waals surface area contributed by atoms with E-state index in [2.05, 4.69) is 0 Å². The van der Waals surface area contributed by atoms with Gasteiger partial charge in [-0.3, -0.25) is 0 Å². The van der Waals surface area contributed by atoms with E-state index in [-0.39, 0.29) is 5.25 Å². The SMILES string of the molecule is NCC1CN(S(=O)(=O)C2CCCCC2)C1. The first-order chi connectivity index (χ1) is 7.14. The Morgan fingerprint density at radius 2 is 1.73 bits per heavy atom. The minimum Gasteiger partial charge on any atom is -0.330 e. The van der Waals surface area contributed by atoms with Gasteiger partial charge in [-0.15, -0.1) is 0 Å². The Hall–Kier alpha value is -0.130. The number of nitrogens with zero attached hydrogens (tertiary/aromatic N) is 1. The van der Waals surface area contributed by atoms with Crippen LogP contribution in [0.3, 0.4) is 0 Å². The molecule has 1 aliphatic heterocycles. The monoisotopic (exact) mass is 232 g/mol. The second-order valence-corrected chi connectivity index (χ2v) is 6.94. The Labute approximate surface area is 91.9 Å². The quantitative estimate of drug-likeness (QED) is 0.772. The lowest BCUT2D eigenvalue weighted by Gasteiger charge is -2.40. The average Bonchev–Trinajstić information content (AvgIpc) is 2.17. The van der Waals surface area contributed by atoms with Crippen molar-refractivity contribution in [3.05, 3.63) is 0 Å². The molecule has 2 N–H and O–H groups in total. The van der Waals surface area contributed by atoms with Gasteiger partial charge in [-0.25, -0.2) is 12.7 Å². The predicted molar refractivity (Wildman–Crippen MR) is 59.9 cm³/mol. The van der Waals surface area contributed by atoms with Crippen molar-refractivity contribution in [2.75, 3.05) is 19.6 Å². The molecule has 0 unspecified atom stereocenters. The molecule has 2 aliphatic rings. The van der Waals surface area contributed by atoms with Crippen molar-refractivity contribution in [3.8, 4) is 0 Å². The highest BCUT2D eigenvalue weighted by Crippen LogP contribution is 2.29. The van der Waals surface area contributed by atoms with Crippen LogP contribution in [0.5, 0.6) is 0 Å². The van der Waals surface area contributed by atoms with E-state index in [1.165, 1.54) is 6.42 Å². The van der Waals surface area contributed by atoms with Crippen molar-refractivity contribution in [2.45, 2.75) is 37.4 Å². The van der Waals surface area contributed by atoms with Crippen LogP contribution in [0, 0.1) is 5.92 Å². The van der Waals surface area contributed by atoms with Crippen LogP contribution in [0.15, 0.2) is 0 Å². The number of hydrogen-bond acceptors (Lipinski definition) is 3. The van der Waals surface area contributed by atoms with Crippen LogP contribution in [0.1, 0.15) is 32.1 Å². The van der Waals surface area contributed by atoms with E-state index in [9.17, 15) is 8.42 Å². The highest BCUT2D eigenvalue weighted by atomic mass is 32.2. The van der Waals surface area contributed by atoms with E-state index in [1.807, 2.05) is 0 Å². The Bertz CT molecular complexity index is 303. The molecule has 5 heteroatoms. The molecule has 2 rings (SSSR count). The predicted octanol–water partition coefficient (Wildman–Crippen LogP) is 0.539. The molecule has 15 heavy (non-hydrogen) atoms. The number of rotatable bonds is 3. The van der Waals surface area contributed by atoms with E-state index in [4.69, 9.17) is 5.73 Å². The van der Waals surface area contributed by atoms with E-state index in [1.54, 1.807) is 4.31 Å². The summed E-state index contributed by atoms with van der Waals surface area (Å²) < 4.78 is 25.9. The molecular formula is C10H20N2O2S. The molecule has 0 aromatic rings. The van der Waals surface area contributed by atoms with E-state index < -0.39 is 10.0 Å². The van der Waals surface area contributed by atoms with Gasteiger partial charge < -0.3 is 5.73 Å². The third-order valence-corrected chi connectivity index (χ3v) is 5.92. The normalized spacial score (nSPS) is 26.5. The molecule has 0 spiro atoms. The van der Waals surface area contributed by atoms with Gasteiger partial charge >= 0.3 is 0 Å². The van der Waals surface area contributed by atoms with Crippen molar-refractivity contribution >= 4 is 10.0 Å². The number of nitrogens with two attached hydrogens (primary N) is 1. The summed E-state index contributed by atoms with van der Waals surface area (Å²) in [6.45, 7) is 1.90. The van der Waals surface area contributed by atoms with Crippen LogP contribution < -0.4 is 5.73 Å². The lowest BCUT2D eigenvalue weighted by Crippen LogP contribution is -2.55. The first-order valence-electron chi connectivity index (χ1n) is 5.83. The second kappa shape index (κ2) is 4.39. The summed E-state index contributed by atoms with van der Waals surface area (Å²) in [4.78, 5) is 0. The van der Waals surface area contributed by atoms with Gasteiger partial charge in [-0.05, 0) is 25.3 Å². The standard InChI is InChI=1S/C10H20N2O2S/c11-6-9-7-12(8-9)15(13,14)10-4-2-1-3-5-10/h9-10H,1-8,11H2. The van der Waals surface area contributed by atoms with Crippen molar-refractivity contribution < 1.29 is 8.42 Å². The molecule has 0 radical (unpaired) electrons. The highest BCUT2D eigenvalue weighted by Gasteiger charge is 2.39. The molecule has 1 saturated carbocycles. The van der Waals surface area contributed by atoms with Gasteiger partial charge in [0, 0.05) is 13.1 Å². The summed E-state index contributed by atoms with van der Waals surface area (Å²) in [7, 11) is -2.99. The third kappa shape index (κ3) is 2.19. The van der Waals surface area contributed by atoms with Gasteiger partial charge in [-0.1, -0.05) is 19.3 Å². The average molecular weight is 232 g/mol. The second-order valence-electron chi connectivity index (χ2n) is 4.72. The molecule has 2 fully saturated rings. The minimum absolute atomic E-state index is 0.107. The van der Waals surface area contributed by atoms with Crippen LogP contribution in [0.25, 0.3) is 0 Å². The summed E-state index contributed by atoms with van der Waals surface area (Å²) in [5.41, 5.74) is 5.50. The molecule has 0 bridgehead atoms. The maximum atomic E-state index is 12.1. The van der Waals surface area contributed by atoms with E-state index >= 15 is 0 Å². The smallest absolute Gasteiger partial charge is 0.217 e. The molecule has 4 nitrogen and oxygen atoms in total. The van der Waals surface area contributed by atoms with E-state index in [0.717, 1.165) is 25.7 Å². The summed E-state index contributed by atoms with van der Waals surface area (Å²) in [6, 6.07) is 0. The first kappa shape index (κ1) is 11.4. The lowest BCUT2D eigenvalue weighted by molar-refractivity contribution is 0.203. The summed E-state index contributed by atoms with van der Waals surface area (Å²) >= 11 is 0.